The van der Waals surface area contributed by atoms with Crippen LogP contribution in [-0.4, -0.2) is 62.6 Å². The molecule has 1 heterocycles. The predicted octanol–water partition coefficient (Wildman–Crippen LogP) is 8.00. The van der Waals surface area contributed by atoms with Gasteiger partial charge in [-0.25, -0.2) is 9.37 Å². The second-order valence-electron chi connectivity index (χ2n) is 11.4. The van der Waals surface area contributed by atoms with E-state index in [2.05, 4.69) is 15.6 Å². The summed E-state index contributed by atoms with van der Waals surface area (Å²) >= 11 is 0. The third-order valence-electron chi connectivity index (χ3n) is 7.13. The predicted molar refractivity (Wildman–Crippen MR) is 179 cm³/mol. The molecule has 0 aliphatic rings. The Kier molecular flexibility index (Phi) is 11.0. The fourth-order valence-corrected chi connectivity index (χ4v) is 5.30. The minimum atomic E-state index is -10.3. The average molecular weight is 727 g/mol. The van der Waals surface area contributed by atoms with Crippen molar-refractivity contribution in [3.05, 3.63) is 95.4 Å². The van der Waals surface area contributed by atoms with Crippen LogP contribution in [0.15, 0.2) is 77.8 Å². The topological polar surface area (TPSA) is 102 Å². The summed E-state index contributed by atoms with van der Waals surface area (Å²) in [6.45, 7) is 2.61. The number of carbonyl (C=O) groups is 2. The zero-order valence-corrected chi connectivity index (χ0v) is 28.4. The van der Waals surface area contributed by atoms with Gasteiger partial charge in [0.25, 0.3) is 11.8 Å². The first-order valence-corrected chi connectivity index (χ1v) is 17.1. The molecule has 2 N–H and O–H groups in total. The summed E-state index contributed by atoms with van der Waals surface area (Å²) in [6, 6.07) is 13.7. The van der Waals surface area contributed by atoms with Crippen molar-refractivity contribution in [3.8, 4) is 28.5 Å². The van der Waals surface area contributed by atoms with Crippen LogP contribution in [0.1, 0.15) is 28.4 Å². The number of methoxy groups -OCH3 is 1. The van der Waals surface area contributed by atoms with Crippen LogP contribution in [0.4, 0.5) is 29.5 Å². The lowest BCUT2D eigenvalue weighted by Gasteiger charge is -2.40. The Hall–Kier alpha value is -4.96. The second kappa shape index (κ2) is 14.5. The monoisotopic (exact) mass is 726 g/mol. The number of anilines is 1. The van der Waals surface area contributed by atoms with Crippen molar-refractivity contribution in [2.45, 2.75) is 24.8 Å². The first-order chi connectivity index (χ1) is 23.3. The number of nitrogens with zero attached hydrogens (tertiary/aromatic N) is 2. The Bertz CT molecular complexity index is 1860. The molecule has 0 radical (unpaired) electrons. The number of ether oxygens (including phenoxy) is 3. The van der Waals surface area contributed by atoms with Gasteiger partial charge < -0.3 is 29.7 Å². The lowest BCUT2D eigenvalue weighted by atomic mass is 10.0. The number of hydrogen-bond acceptors (Lipinski definition) is 7. The third kappa shape index (κ3) is 10.5. The van der Waals surface area contributed by atoms with E-state index in [-0.39, 0.29) is 36.7 Å². The number of hydrogen-bond donors (Lipinski definition) is 2. The zero-order chi connectivity index (χ0) is 36.8. The largest absolute Gasteiger partial charge is 0.497 e. The highest BCUT2D eigenvalue weighted by atomic mass is 32.5. The van der Waals surface area contributed by atoms with Crippen LogP contribution in [0.25, 0.3) is 11.1 Å². The van der Waals surface area contributed by atoms with Gasteiger partial charge in [-0.1, -0.05) is 43.7 Å². The Morgan fingerprint density at radius 2 is 1.62 bits per heavy atom. The maximum Gasteiger partial charge on any atom is 0.310 e. The molecule has 0 unspecified atom stereocenters. The van der Waals surface area contributed by atoms with Gasteiger partial charge in [0.1, 0.15) is 23.1 Å². The van der Waals surface area contributed by atoms with Crippen molar-refractivity contribution in [2.24, 2.45) is 0 Å². The Morgan fingerprint density at radius 1 is 0.900 bits per heavy atom. The van der Waals surface area contributed by atoms with Gasteiger partial charge >= 0.3 is 10.2 Å². The fourth-order valence-electron chi connectivity index (χ4n) is 4.60. The van der Waals surface area contributed by atoms with Crippen molar-refractivity contribution < 1.29 is 47.6 Å². The molecule has 4 rings (SSSR count). The number of rotatable bonds is 15. The zero-order valence-electron chi connectivity index (χ0n) is 27.6. The summed E-state index contributed by atoms with van der Waals surface area (Å²) in [5.41, 5.74) is 0.112. The summed E-state index contributed by atoms with van der Waals surface area (Å²) < 4.78 is 101. The van der Waals surface area contributed by atoms with Crippen molar-refractivity contribution in [1.29, 1.82) is 0 Å². The molecule has 1 aromatic heterocycles. The minimum absolute atomic E-state index is 0.0228. The molecule has 0 fully saturated rings. The smallest absolute Gasteiger partial charge is 0.310 e. The Morgan fingerprint density at radius 3 is 2.24 bits per heavy atom. The molecule has 2 amide bonds. The van der Waals surface area contributed by atoms with Crippen molar-refractivity contribution >= 4 is 27.7 Å². The number of amides is 2. The quantitative estimate of drug-likeness (QED) is 0.120. The van der Waals surface area contributed by atoms with Crippen molar-refractivity contribution in [3.63, 3.8) is 0 Å². The number of benzene rings is 3. The molecule has 4 aromatic rings. The van der Waals surface area contributed by atoms with Crippen LogP contribution < -0.4 is 24.8 Å². The highest BCUT2D eigenvalue weighted by molar-refractivity contribution is 8.45. The van der Waals surface area contributed by atoms with Crippen LogP contribution in [0.2, 0.25) is 0 Å². The summed E-state index contributed by atoms with van der Waals surface area (Å²) in [7, 11) is -5.30. The van der Waals surface area contributed by atoms with Gasteiger partial charge in [0, 0.05) is 36.1 Å². The first kappa shape index (κ1) is 37.9. The van der Waals surface area contributed by atoms with Gasteiger partial charge in [0.05, 0.1) is 20.1 Å². The standard InChI is InChI=1S/C34H36F6N4O5S/c1-5-48-31-17-26(20-42-34(31)49-21-22-6-10-28(47-4)11-7-22)23-8-9-24(30(35)16-23)18-32(45)43-27-14-25(33(46)41-12-13-44(2)3)15-29(19-27)50(36,37,38,39)40/h6-11,14-17,19-20H,5,12-13,18,21H2,1-4H3,(H,41,46)(H,43,45). The number of halogens is 6. The van der Waals surface area contributed by atoms with Crippen LogP contribution in [0.3, 0.4) is 0 Å². The normalized spacial score (nSPS) is 12.9. The van der Waals surface area contributed by atoms with Crippen molar-refractivity contribution in [2.75, 3.05) is 46.2 Å². The molecule has 0 spiro atoms. The molecule has 0 aliphatic carbocycles. The lowest BCUT2D eigenvalue weighted by Crippen LogP contribution is -2.31. The highest BCUT2D eigenvalue weighted by Crippen LogP contribution is 3.02. The van der Waals surface area contributed by atoms with Gasteiger partial charge in [-0.3, -0.25) is 9.59 Å². The van der Waals surface area contributed by atoms with E-state index in [9.17, 15) is 29.0 Å². The molecule has 0 bridgehead atoms. The van der Waals surface area contributed by atoms with E-state index in [1.807, 2.05) is 12.1 Å². The summed E-state index contributed by atoms with van der Waals surface area (Å²) in [4.78, 5) is 29.0. The minimum Gasteiger partial charge on any atom is -0.497 e. The van der Waals surface area contributed by atoms with Crippen molar-refractivity contribution in [1.82, 2.24) is 15.2 Å². The summed E-state index contributed by atoms with van der Waals surface area (Å²) in [6.07, 6.45) is 0.796. The van der Waals surface area contributed by atoms with Crippen LogP contribution in [-0.2, 0) is 17.8 Å². The number of nitrogens with one attached hydrogen (secondary N) is 2. The molecule has 50 heavy (non-hydrogen) atoms. The molecule has 9 nitrogen and oxygen atoms in total. The van der Waals surface area contributed by atoms with E-state index >= 15 is 4.39 Å². The maximum absolute atomic E-state index is 15.2. The fraction of sp³-hybridized carbons (Fsp3) is 0.265. The molecule has 0 aliphatic heterocycles. The lowest BCUT2D eigenvalue weighted by molar-refractivity contribution is -0.115. The van der Waals surface area contributed by atoms with Gasteiger partial charge in [0.15, 0.2) is 5.75 Å². The van der Waals surface area contributed by atoms with E-state index in [0.29, 0.717) is 35.8 Å². The molecule has 0 saturated carbocycles. The molecule has 0 saturated heterocycles. The highest BCUT2D eigenvalue weighted by Gasteiger charge is 2.65. The number of aromatic nitrogens is 1. The van der Waals surface area contributed by atoms with E-state index in [0.717, 1.165) is 17.7 Å². The van der Waals surface area contributed by atoms with Crippen LogP contribution >= 0.6 is 10.2 Å². The summed E-state index contributed by atoms with van der Waals surface area (Å²) in [5.74, 6) is -1.66. The summed E-state index contributed by atoms with van der Waals surface area (Å²) in [5, 5.41) is 4.43. The maximum atomic E-state index is 15.2. The Balaban J connectivity index is 1.50. The van der Waals surface area contributed by atoms with Crippen LogP contribution in [0, 0.1) is 5.82 Å². The number of carbonyl (C=O) groups excluding carboxylic acids is 2. The first-order valence-electron chi connectivity index (χ1n) is 15.1. The van der Waals surface area contributed by atoms with Gasteiger partial charge in [0.2, 0.25) is 5.91 Å². The number of pyridine rings is 1. The van der Waals surface area contributed by atoms with E-state index in [1.165, 1.54) is 18.3 Å². The number of likely N-dealkylation sites (N-methyl/N-ethyl adjacent to an activating group) is 1. The molecule has 16 heteroatoms. The van der Waals surface area contributed by atoms with E-state index < -0.39 is 50.4 Å². The van der Waals surface area contributed by atoms with Crippen LogP contribution in [0.5, 0.6) is 17.4 Å². The average Bonchev–Trinajstić information content (AvgIpc) is 3.04. The molecule has 3 aromatic carbocycles. The van der Waals surface area contributed by atoms with Gasteiger partial charge in [-0.2, -0.15) is 0 Å². The second-order valence-corrected chi connectivity index (χ2v) is 13.8. The Labute approximate surface area is 285 Å². The molecule has 0 atom stereocenters. The SMILES string of the molecule is CCOc1cc(-c2ccc(CC(=O)Nc3cc(C(=O)NCCN(C)C)cc(S(F)(F)(F)(F)F)c3)c(F)c2)cnc1OCc1ccc(OC)cc1. The third-order valence-corrected chi connectivity index (χ3v) is 8.26. The van der Waals surface area contributed by atoms with E-state index in [1.54, 1.807) is 51.2 Å². The molecule has 270 valence electrons. The molecular formula is C34H36F6N4O5S. The van der Waals surface area contributed by atoms with E-state index in [4.69, 9.17) is 14.2 Å². The molecular weight excluding hydrogens is 690 g/mol. The van der Waals surface area contributed by atoms with Gasteiger partial charge in [-0.05, 0) is 80.2 Å². The van der Waals surface area contributed by atoms with Gasteiger partial charge in [-0.15, -0.1) is 0 Å².